The number of hydrogen-bond acceptors (Lipinski definition) is 6. The molecule has 0 aliphatic rings. The van der Waals surface area contributed by atoms with E-state index in [9.17, 15) is 14.4 Å². The number of methoxy groups -OCH3 is 3. The lowest BCUT2D eigenvalue weighted by atomic mass is 10.1. The van der Waals surface area contributed by atoms with Gasteiger partial charge in [0.15, 0.2) is 0 Å². The number of carbonyl (C=O) groups is 3. The van der Waals surface area contributed by atoms with Crippen LogP contribution in [0.1, 0.15) is 20.7 Å². The molecule has 27 heavy (non-hydrogen) atoms. The summed E-state index contributed by atoms with van der Waals surface area (Å²) >= 11 is 0. The summed E-state index contributed by atoms with van der Waals surface area (Å²) in [5.74, 6) is -0.717. The van der Waals surface area contributed by atoms with Crippen molar-refractivity contribution in [2.24, 2.45) is 0 Å². The lowest BCUT2D eigenvalue weighted by Crippen LogP contribution is -2.33. The van der Waals surface area contributed by atoms with Gasteiger partial charge < -0.3 is 24.8 Å². The second-order valence-electron chi connectivity index (χ2n) is 5.34. The number of hydrogen-bond donors (Lipinski definition) is 2. The van der Waals surface area contributed by atoms with E-state index in [4.69, 9.17) is 9.47 Å². The third kappa shape index (κ3) is 4.97. The Labute approximate surface area is 156 Å². The molecule has 2 aromatic rings. The van der Waals surface area contributed by atoms with E-state index >= 15 is 0 Å². The summed E-state index contributed by atoms with van der Waals surface area (Å²) in [6.45, 7) is -0.251. The number of amides is 2. The Morgan fingerprint density at radius 1 is 0.889 bits per heavy atom. The van der Waals surface area contributed by atoms with Crippen LogP contribution in [0.2, 0.25) is 0 Å². The molecule has 0 unspecified atom stereocenters. The molecule has 0 radical (unpaired) electrons. The zero-order valence-electron chi connectivity index (χ0n) is 15.2. The van der Waals surface area contributed by atoms with E-state index in [0.29, 0.717) is 22.7 Å². The van der Waals surface area contributed by atoms with Crippen LogP contribution in [0.15, 0.2) is 42.5 Å². The van der Waals surface area contributed by atoms with Crippen LogP contribution in [-0.4, -0.2) is 45.7 Å². The minimum absolute atomic E-state index is 0.206. The normalized spacial score (nSPS) is 9.89. The maximum Gasteiger partial charge on any atom is 0.337 e. The van der Waals surface area contributed by atoms with Gasteiger partial charge in [0.1, 0.15) is 17.1 Å². The number of carbonyl (C=O) groups excluding carboxylic acids is 3. The van der Waals surface area contributed by atoms with Crippen LogP contribution in [0.4, 0.5) is 5.69 Å². The zero-order chi connectivity index (χ0) is 19.8. The molecular weight excluding hydrogens is 352 g/mol. The highest BCUT2D eigenvalue weighted by Gasteiger charge is 2.18. The molecule has 0 aliphatic heterocycles. The quantitative estimate of drug-likeness (QED) is 0.719. The Morgan fingerprint density at radius 3 is 2.00 bits per heavy atom. The van der Waals surface area contributed by atoms with E-state index in [-0.39, 0.29) is 12.1 Å². The number of rotatable bonds is 7. The number of anilines is 1. The van der Waals surface area contributed by atoms with Crippen molar-refractivity contribution in [1.29, 1.82) is 0 Å². The summed E-state index contributed by atoms with van der Waals surface area (Å²) in [6, 6.07) is 11.1. The molecule has 2 amide bonds. The minimum atomic E-state index is -0.500. The van der Waals surface area contributed by atoms with Crippen LogP contribution in [0.3, 0.4) is 0 Å². The van der Waals surface area contributed by atoms with Crippen molar-refractivity contribution >= 4 is 23.5 Å². The minimum Gasteiger partial charge on any atom is -0.496 e. The molecule has 0 bridgehead atoms. The highest BCUT2D eigenvalue weighted by Crippen LogP contribution is 2.27. The van der Waals surface area contributed by atoms with Crippen molar-refractivity contribution in [3.05, 3.63) is 53.6 Å². The van der Waals surface area contributed by atoms with E-state index in [2.05, 4.69) is 15.4 Å². The van der Waals surface area contributed by atoms with E-state index in [1.165, 1.54) is 33.5 Å². The van der Waals surface area contributed by atoms with Crippen molar-refractivity contribution in [1.82, 2.24) is 5.32 Å². The zero-order valence-corrected chi connectivity index (χ0v) is 15.2. The fraction of sp³-hybridized carbons (Fsp3) is 0.211. The average Bonchev–Trinajstić information content (AvgIpc) is 2.71. The van der Waals surface area contributed by atoms with Crippen LogP contribution < -0.4 is 20.1 Å². The first-order valence-electron chi connectivity index (χ1n) is 7.97. The Hall–Kier alpha value is -3.55. The lowest BCUT2D eigenvalue weighted by molar-refractivity contribution is -0.115. The second kappa shape index (κ2) is 9.23. The Bertz CT molecular complexity index is 810. The van der Waals surface area contributed by atoms with Gasteiger partial charge >= 0.3 is 5.97 Å². The van der Waals surface area contributed by atoms with Gasteiger partial charge in [-0.15, -0.1) is 0 Å². The standard InChI is InChI=1S/C19H20N2O6/c1-25-14-5-4-6-15(26-2)17(14)18(23)20-11-16(22)21-13-9-7-12(8-10-13)19(24)27-3/h4-10H,11H2,1-3H3,(H,20,23)(H,21,22). The third-order valence-electron chi connectivity index (χ3n) is 3.65. The first-order valence-corrected chi connectivity index (χ1v) is 7.97. The monoisotopic (exact) mass is 372 g/mol. The Balaban J connectivity index is 1.98. The van der Waals surface area contributed by atoms with Crippen molar-refractivity contribution in [3.8, 4) is 11.5 Å². The predicted octanol–water partition coefficient (Wildman–Crippen LogP) is 1.86. The molecule has 0 spiro atoms. The molecule has 2 rings (SSSR count). The molecule has 0 fully saturated rings. The summed E-state index contributed by atoms with van der Waals surface area (Å²) < 4.78 is 15.0. The molecule has 0 saturated heterocycles. The number of nitrogens with one attached hydrogen (secondary N) is 2. The Kier molecular flexibility index (Phi) is 6.76. The number of ether oxygens (including phenoxy) is 3. The average molecular weight is 372 g/mol. The van der Waals surface area contributed by atoms with E-state index < -0.39 is 17.8 Å². The van der Waals surface area contributed by atoms with Gasteiger partial charge in [-0.1, -0.05) is 6.07 Å². The van der Waals surface area contributed by atoms with Gasteiger partial charge in [0.05, 0.1) is 33.4 Å². The smallest absolute Gasteiger partial charge is 0.337 e. The van der Waals surface area contributed by atoms with Gasteiger partial charge in [-0.3, -0.25) is 9.59 Å². The fourth-order valence-electron chi connectivity index (χ4n) is 2.34. The maximum absolute atomic E-state index is 12.4. The van der Waals surface area contributed by atoms with E-state index in [0.717, 1.165) is 0 Å². The Morgan fingerprint density at radius 2 is 1.48 bits per heavy atom. The van der Waals surface area contributed by atoms with Crippen LogP contribution >= 0.6 is 0 Å². The molecule has 2 aromatic carbocycles. The molecule has 0 saturated carbocycles. The third-order valence-corrected chi connectivity index (χ3v) is 3.65. The molecule has 142 valence electrons. The summed E-state index contributed by atoms with van der Waals surface area (Å²) in [4.78, 5) is 35.8. The molecule has 0 heterocycles. The van der Waals surface area contributed by atoms with Gasteiger partial charge in [-0.25, -0.2) is 4.79 Å². The van der Waals surface area contributed by atoms with Crippen LogP contribution in [0.5, 0.6) is 11.5 Å². The van der Waals surface area contributed by atoms with Crippen molar-refractivity contribution in [2.45, 2.75) is 0 Å². The molecular formula is C19H20N2O6. The van der Waals surface area contributed by atoms with Crippen LogP contribution in [0.25, 0.3) is 0 Å². The summed E-state index contributed by atoms with van der Waals surface area (Å²) in [5.41, 5.74) is 1.06. The highest BCUT2D eigenvalue weighted by molar-refractivity contribution is 6.02. The summed E-state index contributed by atoms with van der Waals surface area (Å²) in [7, 11) is 4.17. The van der Waals surface area contributed by atoms with Crippen molar-refractivity contribution < 1.29 is 28.6 Å². The molecule has 8 nitrogen and oxygen atoms in total. The van der Waals surface area contributed by atoms with E-state index in [1.807, 2.05) is 0 Å². The molecule has 0 aromatic heterocycles. The highest BCUT2D eigenvalue weighted by atomic mass is 16.5. The second-order valence-corrected chi connectivity index (χ2v) is 5.34. The number of esters is 1. The lowest BCUT2D eigenvalue weighted by Gasteiger charge is -2.13. The van der Waals surface area contributed by atoms with Crippen molar-refractivity contribution in [2.75, 3.05) is 33.2 Å². The predicted molar refractivity (Wildman–Crippen MR) is 98.3 cm³/mol. The number of benzene rings is 2. The summed E-state index contributed by atoms with van der Waals surface area (Å²) in [5, 5.41) is 5.14. The first kappa shape index (κ1) is 19.8. The SMILES string of the molecule is COC(=O)c1ccc(NC(=O)CNC(=O)c2c(OC)cccc2OC)cc1. The van der Waals surface area contributed by atoms with Gasteiger partial charge in [0.25, 0.3) is 5.91 Å². The van der Waals surface area contributed by atoms with Gasteiger partial charge in [0, 0.05) is 5.69 Å². The van der Waals surface area contributed by atoms with Gasteiger partial charge in [0.2, 0.25) is 5.91 Å². The maximum atomic E-state index is 12.4. The molecule has 8 heteroatoms. The molecule has 0 atom stereocenters. The first-order chi connectivity index (χ1) is 13.0. The topological polar surface area (TPSA) is 103 Å². The molecule has 2 N–H and O–H groups in total. The van der Waals surface area contributed by atoms with Crippen LogP contribution in [-0.2, 0) is 9.53 Å². The van der Waals surface area contributed by atoms with Gasteiger partial charge in [-0.2, -0.15) is 0 Å². The summed E-state index contributed by atoms with van der Waals surface area (Å²) in [6.07, 6.45) is 0. The molecule has 0 aliphatic carbocycles. The largest absolute Gasteiger partial charge is 0.496 e. The van der Waals surface area contributed by atoms with Crippen molar-refractivity contribution in [3.63, 3.8) is 0 Å². The fourth-order valence-corrected chi connectivity index (χ4v) is 2.34. The van der Waals surface area contributed by atoms with E-state index in [1.54, 1.807) is 30.3 Å². The van der Waals surface area contributed by atoms with Crippen LogP contribution in [0, 0.1) is 0 Å². The van der Waals surface area contributed by atoms with Gasteiger partial charge in [-0.05, 0) is 36.4 Å².